The molecule has 0 radical (unpaired) electrons. The number of nitrogens with one attached hydrogen (secondary N) is 2. The number of ether oxygens (including phenoxy) is 1. The van der Waals surface area contributed by atoms with Crippen molar-refractivity contribution in [2.45, 2.75) is 95.0 Å². The van der Waals surface area contributed by atoms with Gasteiger partial charge in [0.25, 0.3) is 5.91 Å². The van der Waals surface area contributed by atoms with Gasteiger partial charge in [0.1, 0.15) is 23.9 Å². The standard InChI is InChI=1S/C44H50N5O7PS/c1-3-22-55-44(53)29(2)47-57(54,56-35-15-8-5-9-16-35)28-30-18-21-39-32(23-30)24-40(58-39)41(50)46-37-17-11-10-14-34-19-20-38(49(34)42(37)51)43(52)48-26-33(25-45)36(27-48)31-12-6-4-7-13-31/h4-9,12-13,15-16,18,21,23-24,29,33-34,36-38H,3,10-11,14,17,19-20,22,26-28H2,1-2H3,(H,46,50)(H,47,54)/t29-,33-,34-,36+,37-,38-,57?/m0/s1. The molecule has 2 N–H and O–H groups in total. The van der Waals surface area contributed by atoms with Gasteiger partial charge in [0, 0.05) is 29.7 Å². The van der Waals surface area contributed by atoms with Gasteiger partial charge in [0.05, 0.1) is 29.6 Å². The number of rotatable bonds is 13. The molecule has 3 aliphatic heterocycles. The Hall–Kier alpha value is -5.02. The van der Waals surface area contributed by atoms with Gasteiger partial charge >= 0.3 is 13.5 Å². The van der Waals surface area contributed by atoms with E-state index in [0.29, 0.717) is 48.5 Å². The molecule has 14 heteroatoms. The molecule has 1 unspecified atom stereocenters. The number of nitrogens with zero attached hydrogens (tertiary/aromatic N) is 3. The highest BCUT2D eigenvalue weighted by Gasteiger charge is 2.47. The van der Waals surface area contributed by atoms with Crippen LogP contribution in [0.5, 0.6) is 5.75 Å². The normalized spacial score (nSPS) is 23.5. The number of benzene rings is 3. The highest BCUT2D eigenvalue weighted by molar-refractivity contribution is 7.56. The zero-order valence-electron chi connectivity index (χ0n) is 32.9. The fourth-order valence-corrected chi connectivity index (χ4v) is 11.5. The molecule has 58 heavy (non-hydrogen) atoms. The predicted molar refractivity (Wildman–Crippen MR) is 222 cm³/mol. The Morgan fingerprint density at radius 2 is 1.71 bits per heavy atom. The third-order valence-electron chi connectivity index (χ3n) is 11.3. The molecule has 304 valence electrons. The Morgan fingerprint density at radius 3 is 2.45 bits per heavy atom. The van der Waals surface area contributed by atoms with E-state index >= 15 is 0 Å². The monoisotopic (exact) mass is 823 g/mol. The van der Waals surface area contributed by atoms with Gasteiger partial charge in [-0.3, -0.25) is 23.7 Å². The smallest absolute Gasteiger partial charge is 0.323 e. The van der Waals surface area contributed by atoms with E-state index in [-0.39, 0.29) is 48.4 Å². The van der Waals surface area contributed by atoms with Gasteiger partial charge in [-0.25, -0.2) is 5.09 Å². The number of hydrogen-bond donors (Lipinski definition) is 2. The highest BCUT2D eigenvalue weighted by Crippen LogP contribution is 2.47. The molecule has 12 nitrogen and oxygen atoms in total. The molecule has 3 aromatic carbocycles. The molecule has 3 aliphatic rings. The van der Waals surface area contributed by atoms with Gasteiger partial charge in [0.15, 0.2) is 0 Å². The van der Waals surface area contributed by atoms with Crippen molar-refractivity contribution in [2.24, 2.45) is 5.92 Å². The van der Waals surface area contributed by atoms with Gasteiger partial charge in [-0.2, -0.15) is 5.26 Å². The van der Waals surface area contributed by atoms with Crippen molar-refractivity contribution in [2.75, 3.05) is 19.7 Å². The zero-order valence-corrected chi connectivity index (χ0v) is 34.6. The summed E-state index contributed by atoms with van der Waals surface area (Å²) in [5.41, 5.74) is 1.71. The van der Waals surface area contributed by atoms with Crippen LogP contribution in [0.25, 0.3) is 10.1 Å². The molecule has 0 aliphatic carbocycles. The van der Waals surface area contributed by atoms with Crippen molar-refractivity contribution in [3.8, 4) is 11.8 Å². The van der Waals surface area contributed by atoms with E-state index < -0.39 is 31.6 Å². The van der Waals surface area contributed by atoms with E-state index in [1.54, 1.807) is 47.1 Å². The Labute approximate surface area is 343 Å². The second kappa shape index (κ2) is 18.3. The second-order valence-electron chi connectivity index (χ2n) is 15.5. The van der Waals surface area contributed by atoms with Gasteiger partial charge in [-0.1, -0.05) is 74.4 Å². The van der Waals surface area contributed by atoms with Gasteiger partial charge in [0.2, 0.25) is 11.8 Å². The minimum absolute atomic E-state index is 0.0322. The first-order chi connectivity index (χ1) is 28.1. The lowest BCUT2D eigenvalue weighted by Crippen LogP contribution is -2.56. The van der Waals surface area contributed by atoms with Crippen molar-refractivity contribution in [3.05, 3.63) is 101 Å². The van der Waals surface area contributed by atoms with Crippen molar-refractivity contribution in [3.63, 3.8) is 0 Å². The Morgan fingerprint density at radius 1 is 0.966 bits per heavy atom. The van der Waals surface area contributed by atoms with Crippen LogP contribution in [0.3, 0.4) is 0 Å². The number of likely N-dealkylation sites (tertiary alicyclic amines) is 1. The summed E-state index contributed by atoms with van der Waals surface area (Å²) < 4.78 is 26.5. The predicted octanol–water partition coefficient (Wildman–Crippen LogP) is 7.40. The molecule has 3 saturated heterocycles. The van der Waals surface area contributed by atoms with Crippen LogP contribution in [0, 0.1) is 17.2 Å². The summed E-state index contributed by atoms with van der Waals surface area (Å²) in [6.07, 6.45) is 4.84. The molecule has 7 rings (SSSR count). The highest BCUT2D eigenvalue weighted by atomic mass is 32.1. The second-order valence-corrected chi connectivity index (χ2v) is 18.7. The van der Waals surface area contributed by atoms with Crippen LogP contribution in [-0.4, -0.2) is 77.4 Å². The Balaban J connectivity index is 1.05. The summed E-state index contributed by atoms with van der Waals surface area (Å²) in [6, 6.07) is 25.9. The number of amides is 3. The minimum atomic E-state index is -3.70. The summed E-state index contributed by atoms with van der Waals surface area (Å²) in [5.74, 6) is -1.28. The lowest BCUT2D eigenvalue weighted by molar-refractivity contribution is -0.146. The first-order valence-electron chi connectivity index (χ1n) is 20.2. The zero-order chi connectivity index (χ0) is 40.8. The fraction of sp³-hybridized carbons (Fsp3) is 0.432. The lowest BCUT2D eigenvalue weighted by atomic mass is 9.90. The van der Waals surface area contributed by atoms with Crippen LogP contribution in [0.15, 0.2) is 84.9 Å². The largest absolute Gasteiger partial charge is 0.465 e. The third-order valence-corrected chi connectivity index (χ3v) is 14.5. The first kappa shape index (κ1) is 41.2. The van der Waals surface area contributed by atoms with E-state index in [2.05, 4.69) is 16.5 Å². The summed E-state index contributed by atoms with van der Waals surface area (Å²) in [6.45, 7) is 4.50. The maximum absolute atomic E-state index is 14.4. The van der Waals surface area contributed by atoms with Crippen molar-refractivity contribution < 1.29 is 33.0 Å². The molecule has 3 amide bonds. The topological polar surface area (TPSA) is 158 Å². The van der Waals surface area contributed by atoms with E-state index in [4.69, 9.17) is 9.26 Å². The molecule has 4 heterocycles. The van der Waals surface area contributed by atoms with E-state index in [0.717, 1.165) is 41.3 Å². The number of carbonyl (C=O) groups is 4. The average molecular weight is 824 g/mol. The van der Waals surface area contributed by atoms with E-state index in [9.17, 15) is 29.0 Å². The van der Waals surface area contributed by atoms with Gasteiger partial charge in [-0.05, 0) is 85.9 Å². The average Bonchev–Trinajstić information content (AvgIpc) is 3.97. The number of nitriles is 1. The van der Waals surface area contributed by atoms with Crippen LogP contribution < -0.4 is 14.9 Å². The Kier molecular flexibility index (Phi) is 13.0. The van der Waals surface area contributed by atoms with Gasteiger partial charge < -0.3 is 24.4 Å². The summed E-state index contributed by atoms with van der Waals surface area (Å²) in [5, 5.41) is 16.7. The summed E-state index contributed by atoms with van der Waals surface area (Å²) >= 11 is 1.30. The Bertz CT molecular complexity index is 2210. The lowest BCUT2D eigenvalue weighted by Gasteiger charge is -2.36. The SMILES string of the molecule is CCCOC(=O)[C@H](C)NP(=O)(Cc1ccc2sc(C(=O)N[C@H]3CCCC[C@H]4CC[C@@H](C(=O)N5C[C@H](c6ccccc6)[C@@H](C#N)C5)N4C3=O)cc2c1)Oc1ccccc1. The quantitative estimate of drug-likeness (QED) is 0.104. The van der Waals surface area contributed by atoms with Crippen LogP contribution in [0.2, 0.25) is 0 Å². The maximum atomic E-state index is 14.4. The molecule has 1 aromatic heterocycles. The van der Waals surface area contributed by atoms with Crippen LogP contribution >= 0.6 is 18.9 Å². The molecule has 7 atom stereocenters. The van der Waals surface area contributed by atoms with Crippen molar-refractivity contribution in [1.82, 2.24) is 20.2 Å². The number of thiophene rings is 1. The fourth-order valence-electron chi connectivity index (χ4n) is 8.48. The molecule has 0 bridgehead atoms. The van der Waals surface area contributed by atoms with Crippen LogP contribution in [-0.2, 0) is 29.8 Å². The van der Waals surface area contributed by atoms with Crippen molar-refractivity contribution in [1.29, 1.82) is 5.26 Å². The summed E-state index contributed by atoms with van der Waals surface area (Å²) in [7, 11) is -3.70. The number of carbonyl (C=O) groups excluding carboxylic acids is 4. The number of esters is 1. The van der Waals surface area contributed by atoms with E-state index in [1.807, 2.05) is 61.5 Å². The third kappa shape index (κ3) is 9.31. The number of hydrogen-bond acceptors (Lipinski definition) is 9. The van der Waals surface area contributed by atoms with Crippen molar-refractivity contribution >= 4 is 52.6 Å². The van der Waals surface area contributed by atoms with Gasteiger partial charge in [-0.15, -0.1) is 11.3 Å². The molecule has 0 saturated carbocycles. The van der Waals surface area contributed by atoms with E-state index in [1.165, 1.54) is 11.3 Å². The minimum Gasteiger partial charge on any atom is -0.465 e. The summed E-state index contributed by atoms with van der Waals surface area (Å²) in [4.78, 5) is 58.9. The maximum Gasteiger partial charge on any atom is 0.323 e. The molecular formula is C44H50N5O7PS. The number of fused-ring (bicyclic) bond motifs is 2. The number of para-hydroxylation sites is 1. The van der Waals surface area contributed by atoms with Crippen LogP contribution in [0.4, 0.5) is 0 Å². The molecule has 0 spiro atoms. The molecule has 3 fully saturated rings. The van der Waals surface area contributed by atoms with Crippen LogP contribution in [0.1, 0.15) is 85.5 Å². The first-order valence-corrected chi connectivity index (χ1v) is 22.9. The molecular weight excluding hydrogens is 774 g/mol. The molecule has 4 aromatic rings.